The lowest BCUT2D eigenvalue weighted by atomic mass is 9.89. The van der Waals surface area contributed by atoms with Crippen molar-refractivity contribution in [3.63, 3.8) is 0 Å². The number of methoxy groups -OCH3 is 1. The summed E-state index contributed by atoms with van der Waals surface area (Å²) < 4.78 is 5.21. The predicted octanol–water partition coefficient (Wildman–Crippen LogP) is 1.93. The average molecular weight is 278 g/mol. The Bertz CT molecular complexity index is 390. The topological polar surface area (TPSA) is 58.7 Å². The van der Waals surface area contributed by atoms with Gasteiger partial charge < -0.3 is 15.6 Å². The van der Waals surface area contributed by atoms with Gasteiger partial charge >= 0.3 is 0 Å². The summed E-state index contributed by atoms with van der Waals surface area (Å²) in [6, 6.07) is 9.03. The molecule has 0 aliphatic heterocycles. The Kier molecular flexibility index (Phi) is 5.83. The molecule has 20 heavy (non-hydrogen) atoms. The Hall–Kier alpha value is -1.10. The molecule has 112 valence electrons. The fraction of sp³-hybridized carbons (Fsp3) is 0.625. The van der Waals surface area contributed by atoms with Crippen LogP contribution in [0, 0.1) is 0 Å². The Labute approximate surface area is 121 Å². The lowest BCUT2D eigenvalue weighted by Gasteiger charge is -2.42. The van der Waals surface area contributed by atoms with Crippen molar-refractivity contribution in [2.45, 2.75) is 37.8 Å². The predicted molar refractivity (Wildman–Crippen MR) is 80.8 cm³/mol. The monoisotopic (exact) mass is 278 g/mol. The van der Waals surface area contributed by atoms with E-state index in [0.717, 1.165) is 18.7 Å². The summed E-state index contributed by atoms with van der Waals surface area (Å²) in [6.45, 7) is 1.76. The van der Waals surface area contributed by atoms with E-state index in [1.807, 2.05) is 12.1 Å². The lowest BCUT2D eigenvalue weighted by Crippen LogP contribution is -2.45. The highest BCUT2D eigenvalue weighted by Crippen LogP contribution is 2.32. The molecule has 4 heteroatoms. The molecule has 2 rings (SSSR count). The first-order chi connectivity index (χ1) is 9.80. The van der Waals surface area contributed by atoms with Gasteiger partial charge in [0.15, 0.2) is 0 Å². The summed E-state index contributed by atoms with van der Waals surface area (Å²) in [4.78, 5) is 2.47. The van der Waals surface area contributed by atoms with Crippen LogP contribution in [0.3, 0.4) is 0 Å². The largest absolute Gasteiger partial charge is 0.497 e. The summed E-state index contributed by atoms with van der Waals surface area (Å²) in [6.07, 6.45) is 4.61. The zero-order valence-electron chi connectivity index (χ0n) is 12.3. The van der Waals surface area contributed by atoms with Gasteiger partial charge in [-0.05, 0) is 37.0 Å². The molecule has 0 heterocycles. The summed E-state index contributed by atoms with van der Waals surface area (Å²) in [5, 5.41) is 9.11. The number of benzene rings is 1. The lowest BCUT2D eigenvalue weighted by molar-refractivity contribution is 0.0743. The van der Waals surface area contributed by atoms with E-state index in [-0.39, 0.29) is 12.6 Å². The summed E-state index contributed by atoms with van der Waals surface area (Å²) in [5.41, 5.74) is 7.26. The molecule has 1 unspecified atom stereocenters. The van der Waals surface area contributed by atoms with Gasteiger partial charge in [-0.2, -0.15) is 0 Å². The summed E-state index contributed by atoms with van der Waals surface area (Å²) in [5.74, 6) is 0.870. The van der Waals surface area contributed by atoms with Gasteiger partial charge in [0.2, 0.25) is 0 Å². The highest BCUT2D eigenvalue weighted by Gasteiger charge is 2.30. The van der Waals surface area contributed by atoms with E-state index in [2.05, 4.69) is 17.0 Å². The quantitative estimate of drug-likeness (QED) is 0.763. The Balaban J connectivity index is 2.12. The van der Waals surface area contributed by atoms with Crippen molar-refractivity contribution in [1.29, 1.82) is 0 Å². The molecule has 3 N–H and O–H groups in total. The minimum atomic E-state index is 0.234. The van der Waals surface area contributed by atoms with E-state index in [9.17, 15) is 0 Å². The van der Waals surface area contributed by atoms with Crippen LogP contribution < -0.4 is 10.5 Å². The maximum atomic E-state index is 9.11. The maximum Gasteiger partial charge on any atom is 0.118 e. The van der Waals surface area contributed by atoms with Crippen LogP contribution in [0.1, 0.15) is 37.3 Å². The van der Waals surface area contributed by atoms with Crippen molar-refractivity contribution in [1.82, 2.24) is 4.90 Å². The van der Waals surface area contributed by atoms with Gasteiger partial charge in [-0.15, -0.1) is 0 Å². The maximum absolute atomic E-state index is 9.11. The highest BCUT2D eigenvalue weighted by atomic mass is 16.5. The third kappa shape index (κ3) is 3.51. The first kappa shape index (κ1) is 15.3. The molecule has 1 atom stereocenters. The van der Waals surface area contributed by atoms with E-state index in [1.165, 1.54) is 24.8 Å². The standard InChI is InChI=1S/C16H26N2O2/c1-20-15-8-6-13(7-9-15)16(12-17)18(10-3-11-19)14-4-2-5-14/h6-9,14,16,19H,2-5,10-12,17H2,1H3. The number of aliphatic hydroxyl groups is 1. The van der Waals surface area contributed by atoms with Crippen molar-refractivity contribution >= 4 is 0 Å². The number of nitrogens with two attached hydrogens (primary N) is 1. The third-order valence-electron chi connectivity index (χ3n) is 4.24. The number of aliphatic hydroxyl groups excluding tert-OH is 1. The minimum Gasteiger partial charge on any atom is -0.497 e. The molecule has 0 bridgehead atoms. The highest BCUT2D eigenvalue weighted by molar-refractivity contribution is 5.29. The number of nitrogens with zero attached hydrogens (tertiary/aromatic N) is 1. The third-order valence-corrected chi connectivity index (χ3v) is 4.24. The van der Waals surface area contributed by atoms with E-state index in [0.29, 0.717) is 12.6 Å². The van der Waals surface area contributed by atoms with Gasteiger partial charge in [0.25, 0.3) is 0 Å². The molecular weight excluding hydrogens is 252 g/mol. The van der Waals surface area contributed by atoms with Crippen LogP contribution in [-0.4, -0.2) is 42.9 Å². The van der Waals surface area contributed by atoms with Crippen molar-refractivity contribution in [2.24, 2.45) is 5.73 Å². The van der Waals surface area contributed by atoms with Gasteiger partial charge in [0, 0.05) is 31.8 Å². The summed E-state index contributed by atoms with van der Waals surface area (Å²) in [7, 11) is 1.68. The zero-order valence-corrected chi connectivity index (χ0v) is 12.3. The van der Waals surface area contributed by atoms with Crippen LogP contribution in [0.4, 0.5) is 0 Å². The molecule has 0 radical (unpaired) electrons. The zero-order chi connectivity index (χ0) is 14.4. The van der Waals surface area contributed by atoms with Crippen LogP contribution in [0.2, 0.25) is 0 Å². The number of ether oxygens (including phenoxy) is 1. The molecule has 1 fully saturated rings. The van der Waals surface area contributed by atoms with Gasteiger partial charge in [0.05, 0.1) is 7.11 Å². The van der Waals surface area contributed by atoms with Crippen molar-refractivity contribution in [3.05, 3.63) is 29.8 Å². The molecule has 0 spiro atoms. The first-order valence-corrected chi connectivity index (χ1v) is 7.50. The Morgan fingerprint density at radius 2 is 2.05 bits per heavy atom. The van der Waals surface area contributed by atoms with Gasteiger partial charge in [-0.25, -0.2) is 0 Å². The van der Waals surface area contributed by atoms with E-state index >= 15 is 0 Å². The number of hydrogen-bond acceptors (Lipinski definition) is 4. The smallest absolute Gasteiger partial charge is 0.118 e. The second kappa shape index (κ2) is 7.62. The second-order valence-electron chi connectivity index (χ2n) is 5.42. The molecular formula is C16H26N2O2. The Morgan fingerprint density at radius 1 is 1.35 bits per heavy atom. The molecule has 0 saturated heterocycles. The van der Waals surface area contributed by atoms with Crippen LogP contribution in [0.25, 0.3) is 0 Å². The van der Waals surface area contributed by atoms with Gasteiger partial charge in [-0.3, -0.25) is 4.90 Å². The Morgan fingerprint density at radius 3 is 2.50 bits per heavy atom. The van der Waals surface area contributed by atoms with Crippen LogP contribution in [-0.2, 0) is 0 Å². The van der Waals surface area contributed by atoms with E-state index in [1.54, 1.807) is 7.11 Å². The van der Waals surface area contributed by atoms with Gasteiger partial charge in [-0.1, -0.05) is 18.6 Å². The average Bonchev–Trinajstić information content (AvgIpc) is 2.44. The normalized spacial score (nSPS) is 17.0. The molecule has 0 aromatic heterocycles. The SMILES string of the molecule is COc1ccc(C(CN)N(CCCO)C2CCC2)cc1. The first-order valence-electron chi connectivity index (χ1n) is 7.50. The van der Waals surface area contributed by atoms with Crippen LogP contribution in [0.15, 0.2) is 24.3 Å². The minimum absolute atomic E-state index is 0.234. The number of rotatable bonds is 8. The van der Waals surface area contributed by atoms with E-state index < -0.39 is 0 Å². The van der Waals surface area contributed by atoms with Crippen molar-refractivity contribution < 1.29 is 9.84 Å². The molecule has 4 nitrogen and oxygen atoms in total. The molecule has 0 amide bonds. The molecule has 1 saturated carbocycles. The second-order valence-corrected chi connectivity index (χ2v) is 5.42. The van der Waals surface area contributed by atoms with Crippen LogP contribution >= 0.6 is 0 Å². The van der Waals surface area contributed by atoms with E-state index in [4.69, 9.17) is 15.6 Å². The molecule has 1 aromatic rings. The molecule has 1 aliphatic rings. The van der Waals surface area contributed by atoms with Crippen molar-refractivity contribution in [3.8, 4) is 5.75 Å². The summed E-state index contributed by atoms with van der Waals surface area (Å²) >= 11 is 0. The molecule has 1 aromatic carbocycles. The number of hydrogen-bond donors (Lipinski definition) is 2. The molecule has 1 aliphatic carbocycles. The fourth-order valence-electron chi connectivity index (χ4n) is 2.85. The van der Waals surface area contributed by atoms with Gasteiger partial charge in [0.1, 0.15) is 5.75 Å². The fourth-order valence-corrected chi connectivity index (χ4v) is 2.85. The van der Waals surface area contributed by atoms with Crippen molar-refractivity contribution in [2.75, 3.05) is 26.8 Å². The van der Waals surface area contributed by atoms with Crippen LogP contribution in [0.5, 0.6) is 5.75 Å².